The molecule has 3 N–H and O–H groups in total. The molecule has 0 aliphatic carbocycles. The third-order valence-corrected chi connectivity index (χ3v) is 4.80. The second kappa shape index (κ2) is 9.52. The van der Waals surface area contributed by atoms with E-state index in [2.05, 4.69) is 49.0 Å². The number of rotatable bonds is 4. The summed E-state index contributed by atoms with van der Waals surface area (Å²) >= 11 is 1.68. The number of hydrogen-bond donors (Lipinski definition) is 3. The predicted octanol–water partition coefficient (Wildman–Crippen LogP) is 4.57. The van der Waals surface area contributed by atoms with Gasteiger partial charge in [-0.2, -0.15) is 11.3 Å². The molecule has 0 bridgehead atoms. The van der Waals surface area contributed by atoms with Gasteiger partial charge >= 0.3 is 6.03 Å². The van der Waals surface area contributed by atoms with Crippen LogP contribution in [-0.4, -0.2) is 33.5 Å². The number of fused-ring (bicyclic) bond motifs is 1. The van der Waals surface area contributed by atoms with Crippen molar-refractivity contribution in [3.8, 4) is 22.4 Å². The van der Waals surface area contributed by atoms with Crippen molar-refractivity contribution in [1.82, 2.24) is 14.7 Å². The van der Waals surface area contributed by atoms with Crippen LogP contribution in [0.15, 0.2) is 65.6 Å². The fraction of sp³-hybridized carbons (Fsp3) is 0.0952. The van der Waals surface area contributed by atoms with Crippen molar-refractivity contribution < 1.29 is 14.7 Å². The Kier molecular flexibility index (Phi) is 6.59. The van der Waals surface area contributed by atoms with Gasteiger partial charge in [-0.1, -0.05) is 12.1 Å². The maximum atomic E-state index is 11.7. The minimum absolute atomic E-state index is 0.205. The third kappa shape index (κ3) is 4.80. The molecule has 0 spiro atoms. The van der Waals surface area contributed by atoms with Crippen LogP contribution < -0.4 is 10.6 Å². The first kappa shape index (κ1) is 20.1. The van der Waals surface area contributed by atoms with Crippen LogP contribution in [0.3, 0.4) is 0 Å². The molecule has 0 saturated heterocycles. The van der Waals surface area contributed by atoms with E-state index >= 15 is 0 Å². The number of anilines is 1. The van der Waals surface area contributed by atoms with Gasteiger partial charge < -0.3 is 15.7 Å². The molecule has 4 aromatic rings. The highest BCUT2D eigenvalue weighted by Gasteiger charge is 2.09. The number of carbonyl (C=O) groups excluding carboxylic acids is 1. The maximum Gasteiger partial charge on any atom is 0.319 e. The number of carbonyl (C=O) groups is 2. The summed E-state index contributed by atoms with van der Waals surface area (Å²) in [5.74, 6) is 0. The Balaban J connectivity index is 0.000000755. The van der Waals surface area contributed by atoms with Gasteiger partial charge in [0.05, 0.1) is 11.9 Å². The van der Waals surface area contributed by atoms with Gasteiger partial charge in [-0.05, 0) is 59.1 Å². The van der Waals surface area contributed by atoms with Gasteiger partial charge in [-0.15, -0.1) is 0 Å². The van der Waals surface area contributed by atoms with Crippen LogP contribution in [0.1, 0.15) is 6.92 Å². The molecule has 0 unspecified atom stereocenters. The number of hydrogen-bond acceptors (Lipinski definition) is 4. The first-order valence-electron chi connectivity index (χ1n) is 8.89. The highest BCUT2D eigenvalue weighted by Crippen LogP contribution is 2.27. The molecule has 0 atom stereocenters. The zero-order chi connectivity index (χ0) is 20.6. The fourth-order valence-electron chi connectivity index (χ4n) is 2.89. The van der Waals surface area contributed by atoms with Gasteiger partial charge in [-0.3, -0.25) is 9.20 Å². The molecular weight excluding hydrogens is 388 g/mol. The Morgan fingerprint density at radius 2 is 2.03 bits per heavy atom. The number of urea groups is 1. The van der Waals surface area contributed by atoms with Gasteiger partial charge in [0.1, 0.15) is 5.65 Å². The highest BCUT2D eigenvalue weighted by atomic mass is 32.1. The van der Waals surface area contributed by atoms with Crippen molar-refractivity contribution in [2.24, 2.45) is 0 Å². The van der Waals surface area contributed by atoms with Crippen LogP contribution in [-0.2, 0) is 4.79 Å². The van der Waals surface area contributed by atoms with E-state index in [0.717, 1.165) is 28.2 Å². The van der Waals surface area contributed by atoms with Crippen LogP contribution in [0.25, 0.3) is 28.0 Å². The molecule has 1 aromatic carbocycles. The Labute approximate surface area is 171 Å². The second-order valence-corrected chi connectivity index (χ2v) is 6.75. The van der Waals surface area contributed by atoms with Crippen LogP contribution >= 0.6 is 11.3 Å². The number of nitrogens with zero attached hydrogens (tertiary/aromatic N) is 2. The van der Waals surface area contributed by atoms with E-state index in [1.165, 1.54) is 5.56 Å². The van der Waals surface area contributed by atoms with E-state index in [9.17, 15) is 4.79 Å². The molecule has 0 aliphatic heterocycles. The van der Waals surface area contributed by atoms with Crippen molar-refractivity contribution in [3.05, 3.63) is 65.6 Å². The summed E-state index contributed by atoms with van der Waals surface area (Å²) in [6, 6.07) is 13.8. The Bertz CT molecular complexity index is 1110. The van der Waals surface area contributed by atoms with Crippen molar-refractivity contribution in [2.45, 2.75) is 6.92 Å². The summed E-state index contributed by atoms with van der Waals surface area (Å²) in [7, 11) is 0. The second-order valence-electron chi connectivity index (χ2n) is 5.97. The number of nitrogens with one attached hydrogen (secondary N) is 2. The first-order valence-corrected chi connectivity index (χ1v) is 9.83. The number of imidazole rings is 1. The summed E-state index contributed by atoms with van der Waals surface area (Å²) in [6.07, 6.45) is 3.90. The summed E-state index contributed by atoms with van der Waals surface area (Å²) in [4.78, 5) is 24.6. The molecule has 4 rings (SSSR count). The normalized spacial score (nSPS) is 10.1. The number of benzene rings is 1. The van der Waals surface area contributed by atoms with E-state index in [1.807, 2.05) is 43.6 Å². The fourth-order valence-corrected chi connectivity index (χ4v) is 3.56. The SMILES string of the molecule is CCNC(=O)Nc1cccc(-c2cnc3cc(-c4ccsc4)ccn23)c1.O=CO. The van der Waals surface area contributed by atoms with E-state index in [0.29, 0.717) is 6.54 Å². The average Bonchev–Trinajstić information content (AvgIpc) is 3.38. The van der Waals surface area contributed by atoms with Gasteiger partial charge in [0.15, 0.2) is 0 Å². The maximum absolute atomic E-state index is 11.7. The standard InChI is InChI=1S/C20H18N4OS.CH2O2/c1-2-21-20(25)23-17-5-3-4-15(10-17)18-12-22-19-11-14(6-8-24(18)19)16-7-9-26-13-16;2-1-3/h3-13H,2H2,1H3,(H2,21,23,25);1H,(H,2,3). The summed E-state index contributed by atoms with van der Waals surface area (Å²) in [6.45, 7) is 2.23. The number of pyridine rings is 1. The van der Waals surface area contributed by atoms with Crippen molar-refractivity contribution >= 4 is 35.2 Å². The van der Waals surface area contributed by atoms with E-state index < -0.39 is 0 Å². The Morgan fingerprint density at radius 3 is 2.76 bits per heavy atom. The molecule has 0 fully saturated rings. The average molecular weight is 408 g/mol. The lowest BCUT2D eigenvalue weighted by Gasteiger charge is -2.08. The van der Waals surface area contributed by atoms with E-state index in [4.69, 9.17) is 9.90 Å². The van der Waals surface area contributed by atoms with Crippen molar-refractivity contribution in [2.75, 3.05) is 11.9 Å². The summed E-state index contributed by atoms with van der Waals surface area (Å²) in [5.41, 5.74) is 5.98. The van der Waals surface area contributed by atoms with Crippen LogP contribution in [0.2, 0.25) is 0 Å². The van der Waals surface area contributed by atoms with Crippen molar-refractivity contribution in [3.63, 3.8) is 0 Å². The number of amides is 2. The van der Waals surface area contributed by atoms with E-state index in [-0.39, 0.29) is 12.5 Å². The zero-order valence-electron chi connectivity index (χ0n) is 15.7. The first-order chi connectivity index (χ1) is 14.2. The molecule has 29 heavy (non-hydrogen) atoms. The zero-order valence-corrected chi connectivity index (χ0v) is 16.5. The quantitative estimate of drug-likeness (QED) is 0.431. The van der Waals surface area contributed by atoms with Crippen LogP contribution in [0, 0.1) is 0 Å². The lowest BCUT2D eigenvalue weighted by atomic mass is 10.1. The highest BCUT2D eigenvalue weighted by molar-refractivity contribution is 7.08. The third-order valence-electron chi connectivity index (χ3n) is 4.12. The molecule has 0 saturated carbocycles. The van der Waals surface area contributed by atoms with Gasteiger partial charge in [0.25, 0.3) is 6.47 Å². The van der Waals surface area contributed by atoms with Crippen LogP contribution in [0.4, 0.5) is 10.5 Å². The topological polar surface area (TPSA) is 95.7 Å². The molecular formula is C21H20N4O3S. The van der Waals surface area contributed by atoms with Crippen LogP contribution in [0.5, 0.6) is 0 Å². The van der Waals surface area contributed by atoms with Gasteiger partial charge in [0.2, 0.25) is 0 Å². The minimum atomic E-state index is -0.250. The van der Waals surface area contributed by atoms with E-state index in [1.54, 1.807) is 11.3 Å². The smallest absolute Gasteiger partial charge is 0.319 e. The monoisotopic (exact) mass is 408 g/mol. The Hall–Kier alpha value is -3.65. The molecule has 8 heteroatoms. The Morgan fingerprint density at radius 1 is 1.21 bits per heavy atom. The lowest BCUT2D eigenvalue weighted by molar-refractivity contribution is -0.122. The molecule has 0 radical (unpaired) electrons. The largest absolute Gasteiger partial charge is 0.483 e. The molecule has 0 aliphatic rings. The molecule has 3 heterocycles. The lowest BCUT2D eigenvalue weighted by Crippen LogP contribution is -2.28. The summed E-state index contributed by atoms with van der Waals surface area (Å²) < 4.78 is 2.06. The molecule has 2 amide bonds. The number of thiophene rings is 1. The molecule has 3 aromatic heterocycles. The van der Waals surface area contributed by atoms with Gasteiger partial charge in [-0.25, -0.2) is 9.78 Å². The minimum Gasteiger partial charge on any atom is -0.483 e. The van der Waals surface area contributed by atoms with Gasteiger partial charge in [0, 0.05) is 24.0 Å². The number of aromatic nitrogens is 2. The predicted molar refractivity (Wildman–Crippen MR) is 115 cm³/mol. The van der Waals surface area contributed by atoms with Crippen molar-refractivity contribution in [1.29, 1.82) is 0 Å². The molecule has 148 valence electrons. The summed E-state index contributed by atoms with van der Waals surface area (Å²) in [5, 5.41) is 16.7. The number of carboxylic acid groups (broad SMARTS) is 1. The molecule has 7 nitrogen and oxygen atoms in total.